The van der Waals surface area contributed by atoms with E-state index in [9.17, 15) is 24.6 Å². The summed E-state index contributed by atoms with van der Waals surface area (Å²) in [4.78, 5) is 40.0. The number of amides is 2. The van der Waals surface area contributed by atoms with Crippen LogP contribution in [-0.4, -0.2) is 33.7 Å². The van der Waals surface area contributed by atoms with Gasteiger partial charge < -0.3 is 15.7 Å². The van der Waals surface area contributed by atoms with Crippen LogP contribution in [0.15, 0.2) is 109 Å². The number of urea groups is 1. The topological polar surface area (TPSA) is 130 Å². The third kappa shape index (κ3) is 6.59. The SMILES string of the molecule is O.O=C(O)c1ccc(N(Cc2ccccc2)C(=O)N(Cc2ccccc2)c2ccc(C(=O)O)cc2)cc1. The van der Waals surface area contributed by atoms with Gasteiger partial charge in [0.15, 0.2) is 0 Å². The van der Waals surface area contributed by atoms with Crippen LogP contribution in [0, 0.1) is 0 Å². The average molecular weight is 499 g/mol. The molecule has 4 rings (SSSR count). The fraction of sp³-hybridized carbons (Fsp3) is 0.0690. The molecule has 4 aromatic carbocycles. The van der Waals surface area contributed by atoms with Crippen molar-refractivity contribution in [1.82, 2.24) is 0 Å². The van der Waals surface area contributed by atoms with Crippen LogP contribution in [0.4, 0.5) is 16.2 Å². The zero-order valence-corrected chi connectivity index (χ0v) is 19.8. The lowest BCUT2D eigenvalue weighted by atomic mass is 10.1. The molecular weight excluding hydrogens is 472 g/mol. The number of benzene rings is 4. The molecule has 0 atom stereocenters. The van der Waals surface area contributed by atoms with Crippen LogP contribution < -0.4 is 9.80 Å². The van der Waals surface area contributed by atoms with Crippen molar-refractivity contribution >= 4 is 29.3 Å². The molecular formula is C29H26N2O6. The Hall–Kier alpha value is -4.95. The molecule has 2 amide bonds. The Kier molecular flexibility index (Phi) is 8.75. The summed E-state index contributed by atoms with van der Waals surface area (Å²) in [5, 5.41) is 18.6. The van der Waals surface area contributed by atoms with Gasteiger partial charge in [-0.3, -0.25) is 9.80 Å². The zero-order chi connectivity index (χ0) is 25.5. The van der Waals surface area contributed by atoms with Crippen LogP contribution in [-0.2, 0) is 13.1 Å². The van der Waals surface area contributed by atoms with Crippen LogP contribution in [0.3, 0.4) is 0 Å². The van der Waals surface area contributed by atoms with Crippen LogP contribution in [0.5, 0.6) is 0 Å². The summed E-state index contributed by atoms with van der Waals surface area (Å²) in [5.41, 5.74) is 3.11. The number of carboxylic acids is 2. The third-order valence-electron chi connectivity index (χ3n) is 5.68. The number of anilines is 2. The number of aromatic carboxylic acids is 2. The molecule has 0 heterocycles. The number of carbonyl (C=O) groups is 3. The van der Waals surface area contributed by atoms with E-state index in [-0.39, 0.29) is 35.7 Å². The van der Waals surface area contributed by atoms with Crippen molar-refractivity contribution in [3.05, 3.63) is 131 Å². The van der Waals surface area contributed by atoms with Gasteiger partial charge in [0.25, 0.3) is 0 Å². The normalized spacial score (nSPS) is 10.2. The van der Waals surface area contributed by atoms with E-state index in [0.717, 1.165) is 11.1 Å². The first-order chi connectivity index (χ1) is 17.4. The Morgan fingerprint density at radius 3 is 1.14 bits per heavy atom. The first-order valence-electron chi connectivity index (χ1n) is 11.3. The molecule has 188 valence electrons. The minimum Gasteiger partial charge on any atom is -0.478 e. The molecule has 0 saturated heterocycles. The summed E-state index contributed by atoms with van der Waals surface area (Å²) in [7, 11) is 0. The monoisotopic (exact) mass is 498 g/mol. The molecule has 0 aromatic heterocycles. The maximum absolute atomic E-state index is 14.1. The van der Waals surface area contributed by atoms with Crippen molar-refractivity contribution in [1.29, 1.82) is 0 Å². The summed E-state index contributed by atoms with van der Waals surface area (Å²) >= 11 is 0. The average Bonchev–Trinajstić information content (AvgIpc) is 2.91. The van der Waals surface area contributed by atoms with Gasteiger partial charge in [-0.05, 0) is 59.7 Å². The highest BCUT2D eigenvalue weighted by atomic mass is 16.4. The highest BCUT2D eigenvalue weighted by Gasteiger charge is 2.25. The molecule has 4 N–H and O–H groups in total. The molecule has 0 bridgehead atoms. The van der Waals surface area contributed by atoms with Crippen molar-refractivity contribution in [2.24, 2.45) is 0 Å². The second-order valence-corrected chi connectivity index (χ2v) is 8.13. The summed E-state index contributed by atoms with van der Waals surface area (Å²) in [6.07, 6.45) is 0. The molecule has 0 fully saturated rings. The first kappa shape index (κ1) is 26.7. The lowest BCUT2D eigenvalue weighted by Crippen LogP contribution is -2.43. The summed E-state index contributed by atoms with van der Waals surface area (Å²) in [5.74, 6) is -2.10. The number of nitrogens with zero attached hydrogens (tertiary/aromatic N) is 2. The molecule has 0 radical (unpaired) electrons. The lowest BCUT2D eigenvalue weighted by Gasteiger charge is -2.31. The number of hydrogen-bond donors (Lipinski definition) is 2. The zero-order valence-electron chi connectivity index (χ0n) is 19.8. The largest absolute Gasteiger partial charge is 0.478 e. The predicted molar refractivity (Wildman–Crippen MR) is 141 cm³/mol. The van der Waals surface area contributed by atoms with Gasteiger partial charge in [0.05, 0.1) is 24.2 Å². The van der Waals surface area contributed by atoms with Gasteiger partial charge in [0, 0.05) is 11.4 Å². The minimum atomic E-state index is -1.05. The standard InChI is InChI=1S/C29H24N2O5.H2O/c32-27(33)23-11-15-25(16-12-23)30(19-21-7-3-1-4-8-21)29(36)31(20-22-9-5-2-6-10-22)26-17-13-24(14-18-26)28(34)35;/h1-18H,19-20H2,(H,32,33)(H,34,35);1H2. The fourth-order valence-corrected chi connectivity index (χ4v) is 3.78. The fourth-order valence-electron chi connectivity index (χ4n) is 3.78. The summed E-state index contributed by atoms with van der Waals surface area (Å²) < 4.78 is 0. The van der Waals surface area contributed by atoms with E-state index in [1.54, 1.807) is 34.1 Å². The molecule has 0 aliphatic rings. The number of rotatable bonds is 8. The van der Waals surface area contributed by atoms with Crippen LogP contribution in [0.2, 0.25) is 0 Å². The Balaban J connectivity index is 0.00000380. The highest BCUT2D eigenvalue weighted by molar-refractivity contribution is 6.04. The Bertz CT molecular complexity index is 1240. The quantitative estimate of drug-likeness (QED) is 0.349. The highest BCUT2D eigenvalue weighted by Crippen LogP contribution is 2.25. The van der Waals surface area contributed by atoms with Gasteiger partial charge in [-0.15, -0.1) is 0 Å². The second-order valence-electron chi connectivity index (χ2n) is 8.13. The molecule has 0 unspecified atom stereocenters. The first-order valence-corrected chi connectivity index (χ1v) is 11.3. The summed E-state index contributed by atoms with van der Waals surface area (Å²) in [6.45, 7) is 0.509. The van der Waals surface area contributed by atoms with E-state index >= 15 is 0 Å². The van der Waals surface area contributed by atoms with Crippen molar-refractivity contribution in [2.75, 3.05) is 9.80 Å². The lowest BCUT2D eigenvalue weighted by molar-refractivity contribution is 0.0686. The van der Waals surface area contributed by atoms with Crippen LogP contribution in [0.25, 0.3) is 0 Å². The van der Waals surface area contributed by atoms with Crippen molar-refractivity contribution in [2.45, 2.75) is 13.1 Å². The molecule has 0 aliphatic heterocycles. The van der Waals surface area contributed by atoms with Crippen molar-refractivity contribution < 1.29 is 30.1 Å². The molecule has 8 heteroatoms. The third-order valence-corrected chi connectivity index (χ3v) is 5.68. The maximum Gasteiger partial charge on any atom is 0.335 e. The van der Waals surface area contributed by atoms with Gasteiger partial charge in [-0.2, -0.15) is 0 Å². The molecule has 0 aliphatic carbocycles. The molecule has 0 spiro atoms. The number of carboxylic acid groups (broad SMARTS) is 2. The van der Waals surface area contributed by atoms with E-state index in [4.69, 9.17) is 0 Å². The second kappa shape index (κ2) is 12.1. The molecule has 4 aromatic rings. The van der Waals surface area contributed by atoms with E-state index in [2.05, 4.69) is 0 Å². The maximum atomic E-state index is 14.1. The molecule has 8 nitrogen and oxygen atoms in total. The van der Waals surface area contributed by atoms with Crippen molar-refractivity contribution in [3.63, 3.8) is 0 Å². The van der Waals surface area contributed by atoms with Gasteiger partial charge in [-0.1, -0.05) is 60.7 Å². The van der Waals surface area contributed by atoms with Gasteiger partial charge >= 0.3 is 18.0 Å². The Morgan fingerprint density at radius 2 is 0.838 bits per heavy atom. The minimum absolute atomic E-state index is 0. The number of carbonyl (C=O) groups excluding carboxylic acids is 1. The predicted octanol–water partition coefficient (Wildman–Crippen LogP) is 5.09. The molecule has 0 saturated carbocycles. The Morgan fingerprint density at radius 1 is 0.514 bits per heavy atom. The smallest absolute Gasteiger partial charge is 0.335 e. The Labute approximate surface area is 214 Å². The van der Waals surface area contributed by atoms with E-state index < -0.39 is 11.9 Å². The van der Waals surface area contributed by atoms with E-state index in [1.165, 1.54) is 24.3 Å². The molecule has 37 heavy (non-hydrogen) atoms. The van der Waals surface area contributed by atoms with Gasteiger partial charge in [-0.25, -0.2) is 14.4 Å². The summed E-state index contributed by atoms with van der Waals surface area (Å²) in [6, 6.07) is 30.9. The van der Waals surface area contributed by atoms with Gasteiger partial charge in [0.1, 0.15) is 0 Å². The van der Waals surface area contributed by atoms with Crippen LogP contribution >= 0.6 is 0 Å². The van der Waals surface area contributed by atoms with Gasteiger partial charge in [0.2, 0.25) is 0 Å². The van der Waals surface area contributed by atoms with Crippen molar-refractivity contribution in [3.8, 4) is 0 Å². The van der Waals surface area contributed by atoms with E-state index in [0.29, 0.717) is 11.4 Å². The number of hydrogen-bond acceptors (Lipinski definition) is 3. The van der Waals surface area contributed by atoms with Crippen LogP contribution in [0.1, 0.15) is 31.8 Å². The van der Waals surface area contributed by atoms with E-state index in [1.807, 2.05) is 60.7 Å².